The fourth-order valence-corrected chi connectivity index (χ4v) is 2.58. The van der Waals surface area contributed by atoms with Crippen LogP contribution in [0, 0.1) is 0 Å². The van der Waals surface area contributed by atoms with E-state index >= 15 is 0 Å². The maximum atomic E-state index is 11.6. The van der Waals surface area contributed by atoms with Gasteiger partial charge in [-0.15, -0.1) is 0 Å². The third kappa shape index (κ3) is 3.43. The summed E-state index contributed by atoms with van der Waals surface area (Å²) in [6, 6.07) is 0.308. The van der Waals surface area contributed by atoms with Crippen LogP contribution in [-0.2, 0) is 9.59 Å². The molecular weight excluding hydrogens is 218 g/mol. The lowest BCUT2D eigenvalue weighted by molar-refractivity contribution is -0.139. The van der Waals surface area contributed by atoms with E-state index in [1.54, 1.807) is 11.8 Å². The molecule has 0 radical (unpaired) electrons. The SMILES string of the molecule is CC(=O)N(C(C)C)[C@H]1CCCN(C(=O)CN)C1. The van der Waals surface area contributed by atoms with Gasteiger partial charge in [0.1, 0.15) is 0 Å². The Morgan fingerprint density at radius 1 is 1.47 bits per heavy atom. The molecule has 1 fully saturated rings. The molecule has 1 aliphatic rings. The fraction of sp³-hybridized carbons (Fsp3) is 0.833. The van der Waals surface area contributed by atoms with Gasteiger partial charge in [0.25, 0.3) is 0 Å². The fourth-order valence-electron chi connectivity index (χ4n) is 2.58. The third-order valence-corrected chi connectivity index (χ3v) is 3.24. The Balaban J connectivity index is 2.70. The van der Waals surface area contributed by atoms with Crippen LogP contribution in [0.25, 0.3) is 0 Å². The van der Waals surface area contributed by atoms with Crippen LogP contribution in [0.4, 0.5) is 0 Å². The van der Waals surface area contributed by atoms with Gasteiger partial charge in [-0.1, -0.05) is 0 Å². The summed E-state index contributed by atoms with van der Waals surface area (Å²) >= 11 is 0. The van der Waals surface area contributed by atoms with Crippen molar-refractivity contribution in [1.82, 2.24) is 9.80 Å². The Morgan fingerprint density at radius 2 is 2.12 bits per heavy atom. The normalized spacial score (nSPS) is 20.5. The highest BCUT2D eigenvalue weighted by Gasteiger charge is 2.29. The summed E-state index contributed by atoms with van der Waals surface area (Å²) in [5.74, 6) is 0.0500. The van der Waals surface area contributed by atoms with E-state index in [2.05, 4.69) is 0 Å². The zero-order chi connectivity index (χ0) is 13.0. The van der Waals surface area contributed by atoms with Crippen LogP contribution < -0.4 is 5.73 Å². The number of likely N-dealkylation sites (tertiary alicyclic amines) is 1. The predicted octanol–water partition coefficient (Wildman–Crippen LogP) is 0.193. The molecule has 1 aliphatic heterocycles. The van der Waals surface area contributed by atoms with Gasteiger partial charge < -0.3 is 15.5 Å². The van der Waals surface area contributed by atoms with Gasteiger partial charge in [-0.2, -0.15) is 0 Å². The summed E-state index contributed by atoms with van der Waals surface area (Å²) in [4.78, 5) is 26.8. The Kier molecular flexibility index (Phi) is 4.93. The molecule has 0 unspecified atom stereocenters. The van der Waals surface area contributed by atoms with E-state index in [1.807, 2.05) is 18.7 Å². The molecule has 2 N–H and O–H groups in total. The lowest BCUT2D eigenvalue weighted by atomic mass is 10.0. The molecule has 0 aromatic carbocycles. The van der Waals surface area contributed by atoms with Crippen LogP contribution in [0.2, 0.25) is 0 Å². The highest BCUT2D eigenvalue weighted by molar-refractivity contribution is 5.78. The van der Waals surface area contributed by atoms with Crippen molar-refractivity contribution in [2.24, 2.45) is 5.73 Å². The monoisotopic (exact) mass is 241 g/mol. The van der Waals surface area contributed by atoms with E-state index < -0.39 is 0 Å². The first-order chi connectivity index (χ1) is 7.97. The zero-order valence-corrected chi connectivity index (χ0v) is 11.0. The molecule has 0 spiro atoms. The maximum absolute atomic E-state index is 11.6. The molecule has 0 bridgehead atoms. The van der Waals surface area contributed by atoms with Crippen molar-refractivity contribution in [1.29, 1.82) is 0 Å². The number of rotatable bonds is 3. The average molecular weight is 241 g/mol. The first-order valence-corrected chi connectivity index (χ1v) is 6.24. The zero-order valence-electron chi connectivity index (χ0n) is 11.0. The first kappa shape index (κ1) is 14.0. The molecular formula is C12H23N3O2. The summed E-state index contributed by atoms with van der Waals surface area (Å²) in [6.07, 6.45) is 1.90. The van der Waals surface area contributed by atoms with Gasteiger partial charge in [-0.3, -0.25) is 9.59 Å². The highest BCUT2D eigenvalue weighted by Crippen LogP contribution is 2.18. The molecule has 1 atom stereocenters. The maximum Gasteiger partial charge on any atom is 0.236 e. The van der Waals surface area contributed by atoms with Crippen LogP contribution in [-0.4, -0.2) is 53.3 Å². The van der Waals surface area contributed by atoms with Crippen LogP contribution in [0.1, 0.15) is 33.6 Å². The molecule has 0 saturated carbocycles. The van der Waals surface area contributed by atoms with E-state index in [0.717, 1.165) is 19.4 Å². The van der Waals surface area contributed by atoms with E-state index in [0.29, 0.717) is 6.54 Å². The van der Waals surface area contributed by atoms with Crippen molar-refractivity contribution in [3.8, 4) is 0 Å². The Labute approximate surface area is 103 Å². The van der Waals surface area contributed by atoms with Crippen LogP contribution in [0.15, 0.2) is 0 Å². The third-order valence-electron chi connectivity index (χ3n) is 3.24. The van der Waals surface area contributed by atoms with Crippen molar-refractivity contribution in [2.75, 3.05) is 19.6 Å². The summed E-state index contributed by atoms with van der Waals surface area (Å²) in [6.45, 7) is 7.03. The number of carbonyl (C=O) groups excluding carboxylic acids is 2. The standard InChI is InChI=1S/C12H23N3O2/c1-9(2)15(10(3)16)11-5-4-6-14(8-11)12(17)7-13/h9,11H,4-8,13H2,1-3H3/t11-/m0/s1. The molecule has 5 heteroatoms. The molecule has 1 rings (SSSR count). The average Bonchev–Trinajstić information content (AvgIpc) is 2.27. The van der Waals surface area contributed by atoms with Gasteiger partial charge in [0, 0.05) is 32.1 Å². The number of nitrogens with zero attached hydrogens (tertiary/aromatic N) is 2. The van der Waals surface area contributed by atoms with Gasteiger partial charge in [-0.05, 0) is 26.7 Å². The van der Waals surface area contributed by atoms with Gasteiger partial charge in [-0.25, -0.2) is 0 Å². The molecule has 0 aliphatic carbocycles. The van der Waals surface area contributed by atoms with Gasteiger partial charge in [0.15, 0.2) is 0 Å². The molecule has 17 heavy (non-hydrogen) atoms. The summed E-state index contributed by atoms with van der Waals surface area (Å²) in [5.41, 5.74) is 5.37. The number of nitrogens with two attached hydrogens (primary N) is 1. The van der Waals surface area contributed by atoms with Gasteiger partial charge >= 0.3 is 0 Å². The summed E-state index contributed by atoms with van der Waals surface area (Å²) in [7, 11) is 0. The second kappa shape index (κ2) is 6.00. The van der Waals surface area contributed by atoms with E-state index in [9.17, 15) is 9.59 Å². The van der Waals surface area contributed by atoms with Crippen molar-refractivity contribution < 1.29 is 9.59 Å². The van der Waals surface area contributed by atoms with Crippen LogP contribution in [0.3, 0.4) is 0 Å². The lowest BCUT2D eigenvalue weighted by Crippen LogP contribution is -2.54. The largest absolute Gasteiger partial charge is 0.340 e. The van der Waals surface area contributed by atoms with Crippen LogP contribution >= 0.6 is 0 Å². The lowest BCUT2D eigenvalue weighted by Gasteiger charge is -2.41. The van der Waals surface area contributed by atoms with Crippen molar-refractivity contribution >= 4 is 11.8 Å². The second-order valence-corrected chi connectivity index (χ2v) is 4.86. The molecule has 2 amide bonds. The quantitative estimate of drug-likeness (QED) is 0.767. The molecule has 1 saturated heterocycles. The first-order valence-electron chi connectivity index (χ1n) is 6.24. The van der Waals surface area contributed by atoms with E-state index in [1.165, 1.54) is 0 Å². The van der Waals surface area contributed by atoms with Gasteiger partial charge in [0.2, 0.25) is 11.8 Å². The van der Waals surface area contributed by atoms with Crippen molar-refractivity contribution in [3.63, 3.8) is 0 Å². The number of hydrogen-bond donors (Lipinski definition) is 1. The van der Waals surface area contributed by atoms with E-state index in [-0.39, 0.29) is 30.4 Å². The van der Waals surface area contributed by atoms with Crippen molar-refractivity contribution in [2.45, 2.75) is 45.7 Å². The molecule has 98 valence electrons. The van der Waals surface area contributed by atoms with E-state index in [4.69, 9.17) is 5.73 Å². The smallest absolute Gasteiger partial charge is 0.236 e. The summed E-state index contributed by atoms with van der Waals surface area (Å²) < 4.78 is 0. The highest BCUT2D eigenvalue weighted by atomic mass is 16.2. The predicted molar refractivity (Wildman–Crippen MR) is 66.3 cm³/mol. The Morgan fingerprint density at radius 3 is 2.59 bits per heavy atom. The van der Waals surface area contributed by atoms with Crippen molar-refractivity contribution in [3.05, 3.63) is 0 Å². The number of piperidine rings is 1. The van der Waals surface area contributed by atoms with Gasteiger partial charge in [0.05, 0.1) is 6.54 Å². The topological polar surface area (TPSA) is 66.6 Å². The Bertz CT molecular complexity index is 291. The Hall–Kier alpha value is -1.10. The number of amides is 2. The molecule has 1 heterocycles. The molecule has 0 aromatic heterocycles. The number of hydrogen-bond acceptors (Lipinski definition) is 3. The number of carbonyl (C=O) groups is 2. The minimum atomic E-state index is -0.0260. The molecule has 5 nitrogen and oxygen atoms in total. The van der Waals surface area contributed by atoms with Crippen LogP contribution in [0.5, 0.6) is 0 Å². The second-order valence-electron chi connectivity index (χ2n) is 4.86. The summed E-state index contributed by atoms with van der Waals surface area (Å²) in [5, 5.41) is 0. The minimum absolute atomic E-state index is 0.0260. The molecule has 0 aromatic rings. The minimum Gasteiger partial charge on any atom is -0.340 e.